The molecule has 1 amide bonds. The summed E-state index contributed by atoms with van der Waals surface area (Å²) in [7, 11) is 1.75. The number of hydrogen-bond acceptors (Lipinski definition) is 4. The van der Waals surface area contributed by atoms with Gasteiger partial charge in [-0.15, -0.1) is 0 Å². The number of hydrogen-bond donors (Lipinski definition) is 0. The van der Waals surface area contributed by atoms with Gasteiger partial charge in [-0.3, -0.25) is 14.2 Å². The van der Waals surface area contributed by atoms with E-state index in [1.807, 2.05) is 80.6 Å². The summed E-state index contributed by atoms with van der Waals surface area (Å²) in [6.45, 7) is 4.05. The lowest BCUT2D eigenvalue weighted by Crippen LogP contribution is -2.28. The number of aromatic nitrogens is 2. The zero-order valence-electron chi connectivity index (χ0n) is 17.7. The van der Waals surface area contributed by atoms with Crippen LogP contribution in [0, 0.1) is 13.8 Å². The zero-order valence-corrected chi connectivity index (χ0v) is 18.5. The quantitative estimate of drug-likeness (QED) is 0.339. The van der Waals surface area contributed by atoms with Crippen LogP contribution in [0.4, 0.5) is 5.69 Å². The van der Waals surface area contributed by atoms with Gasteiger partial charge in [0.25, 0.3) is 5.56 Å². The Balaban J connectivity index is 1.73. The Kier molecular flexibility index (Phi) is 5.91. The summed E-state index contributed by atoms with van der Waals surface area (Å²) in [5.41, 5.74) is 4.30. The minimum absolute atomic E-state index is 0.0646. The lowest BCUT2D eigenvalue weighted by atomic mass is 10.1. The van der Waals surface area contributed by atoms with Crippen LogP contribution in [0.15, 0.2) is 82.7 Å². The third-order valence-electron chi connectivity index (χ3n) is 5.34. The molecule has 0 fully saturated rings. The summed E-state index contributed by atoms with van der Waals surface area (Å²) >= 11 is 1.27. The van der Waals surface area contributed by atoms with Crippen molar-refractivity contribution in [2.45, 2.75) is 19.0 Å². The molecule has 0 N–H and O–H groups in total. The van der Waals surface area contributed by atoms with Crippen LogP contribution in [0.1, 0.15) is 11.1 Å². The molecular formula is C25H23N3O2S. The maximum atomic E-state index is 13.4. The molecule has 0 bridgehead atoms. The molecule has 1 aromatic heterocycles. The number of amides is 1. The molecule has 3 aromatic carbocycles. The standard InChI is InChI=1S/C25H23N3O2S/c1-17-13-14-20(15-18(17)2)28-24(30)21-11-7-8-12-22(21)26-25(28)31-16-23(29)27(3)19-9-5-4-6-10-19/h4-15H,16H2,1-3H3. The average molecular weight is 430 g/mol. The van der Waals surface area contributed by atoms with Crippen molar-refractivity contribution in [2.75, 3.05) is 17.7 Å². The SMILES string of the molecule is Cc1ccc(-n2c(SCC(=O)N(C)c3ccccc3)nc3ccccc3c2=O)cc1C. The van der Waals surface area contributed by atoms with Gasteiger partial charge in [0, 0.05) is 12.7 Å². The van der Waals surface area contributed by atoms with E-state index < -0.39 is 0 Å². The summed E-state index contributed by atoms with van der Waals surface area (Å²) < 4.78 is 1.61. The van der Waals surface area contributed by atoms with E-state index in [2.05, 4.69) is 0 Å². The van der Waals surface area contributed by atoms with Crippen molar-refractivity contribution in [1.29, 1.82) is 0 Å². The molecule has 5 nitrogen and oxygen atoms in total. The van der Waals surface area contributed by atoms with E-state index in [0.717, 1.165) is 22.5 Å². The number of carbonyl (C=O) groups is 1. The maximum Gasteiger partial charge on any atom is 0.266 e. The third-order valence-corrected chi connectivity index (χ3v) is 6.26. The lowest BCUT2D eigenvalue weighted by Gasteiger charge is -2.18. The van der Waals surface area contributed by atoms with Crippen molar-refractivity contribution in [3.8, 4) is 5.69 Å². The topological polar surface area (TPSA) is 55.2 Å². The van der Waals surface area contributed by atoms with Gasteiger partial charge in [0.2, 0.25) is 5.91 Å². The summed E-state index contributed by atoms with van der Waals surface area (Å²) in [4.78, 5) is 32.5. The first-order valence-corrected chi connectivity index (χ1v) is 11.0. The predicted molar refractivity (Wildman–Crippen MR) is 127 cm³/mol. The first-order valence-electron chi connectivity index (χ1n) is 9.99. The van der Waals surface area contributed by atoms with Crippen LogP contribution in [0.2, 0.25) is 0 Å². The van der Waals surface area contributed by atoms with Gasteiger partial charge in [0.05, 0.1) is 22.3 Å². The number of para-hydroxylation sites is 2. The van der Waals surface area contributed by atoms with E-state index in [4.69, 9.17) is 4.98 Å². The molecule has 0 saturated heterocycles. The molecule has 0 radical (unpaired) electrons. The minimum atomic E-state index is -0.139. The number of benzene rings is 3. The molecule has 0 unspecified atom stereocenters. The van der Waals surface area contributed by atoms with Crippen LogP contribution >= 0.6 is 11.8 Å². The van der Waals surface area contributed by atoms with Crippen molar-refractivity contribution in [3.05, 3.63) is 94.3 Å². The summed E-state index contributed by atoms with van der Waals surface area (Å²) in [6.07, 6.45) is 0. The van der Waals surface area contributed by atoms with Gasteiger partial charge in [0.15, 0.2) is 5.16 Å². The first-order chi connectivity index (χ1) is 15.0. The number of carbonyl (C=O) groups excluding carboxylic acids is 1. The van der Waals surface area contributed by atoms with E-state index in [-0.39, 0.29) is 17.2 Å². The molecule has 0 saturated carbocycles. The van der Waals surface area contributed by atoms with E-state index in [0.29, 0.717) is 16.1 Å². The molecule has 156 valence electrons. The second-order valence-electron chi connectivity index (χ2n) is 7.40. The lowest BCUT2D eigenvalue weighted by molar-refractivity contribution is -0.115. The molecule has 0 atom stereocenters. The van der Waals surface area contributed by atoms with E-state index in [1.165, 1.54) is 11.8 Å². The third kappa shape index (κ3) is 4.25. The molecule has 0 aliphatic heterocycles. The Hall–Kier alpha value is -3.38. The fourth-order valence-electron chi connectivity index (χ4n) is 3.32. The highest BCUT2D eigenvalue weighted by atomic mass is 32.2. The molecule has 4 rings (SSSR count). The molecule has 1 heterocycles. The van der Waals surface area contributed by atoms with Gasteiger partial charge < -0.3 is 4.90 Å². The van der Waals surface area contributed by atoms with Crippen LogP contribution in [-0.4, -0.2) is 28.3 Å². The van der Waals surface area contributed by atoms with E-state index in [9.17, 15) is 9.59 Å². The highest BCUT2D eigenvalue weighted by Gasteiger charge is 2.17. The van der Waals surface area contributed by atoms with Gasteiger partial charge in [-0.1, -0.05) is 48.2 Å². The Morgan fingerprint density at radius 1 is 0.968 bits per heavy atom. The van der Waals surface area contributed by atoms with Crippen LogP contribution in [0.3, 0.4) is 0 Å². The molecule has 0 aliphatic carbocycles. The Morgan fingerprint density at radius 2 is 1.68 bits per heavy atom. The number of fused-ring (bicyclic) bond motifs is 1. The van der Waals surface area contributed by atoms with Gasteiger partial charge in [-0.25, -0.2) is 4.98 Å². The zero-order chi connectivity index (χ0) is 22.0. The van der Waals surface area contributed by atoms with Gasteiger partial charge in [0.1, 0.15) is 0 Å². The highest BCUT2D eigenvalue weighted by molar-refractivity contribution is 7.99. The summed E-state index contributed by atoms with van der Waals surface area (Å²) in [5.74, 6) is 0.103. The first kappa shape index (κ1) is 20.9. The van der Waals surface area contributed by atoms with E-state index >= 15 is 0 Å². The molecular weight excluding hydrogens is 406 g/mol. The molecule has 6 heteroatoms. The number of aryl methyl sites for hydroxylation is 2. The largest absolute Gasteiger partial charge is 0.315 e. The summed E-state index contributed by atoms with van der Waals surface area (Å²) in [6, 6.07) is 22.7. The van der Waals surface area contributed by atoms with Crippen LogP contribution in [0.5, 0.6) is 0 Å². The minimum Gasteiger partial charge on any atom is -0.315 e. The number of anilines is 1. The Bertz CT molecular complexity index is 1320. The van der Waals surface area contributed by atoms with Crippen molar-refractivity contribution < 1.29 is 4.79 Å². The van der Waals surface area contributed by atoms with Crippen molar-refractivity contribution in [2.24, 2.45) is 0 Å². The van der Waals surface area contributed by atoms with Gasteiger partial charge in [-0.2, -0.15) is 0 Å². The van der Waals surface area contributed by atoms with E-state index in [1.54, 1.807) is 22.6 Å². The number of nitrogens with zero attached hydrogens (tertiary/aromatic N) is 3. The fraction of sp³-hybridized carbons (Fsp3) is 0.160. The second kappa shape index (κ2) is 8.78. The van der Waals surface area contributed by atoms with Crippen LogP contribution < -0.4 is 10.5 Å². The van der Waals surface area contributed by atoms with Gasteiger partial charge in [-0.05, 0) is 61.4 Å². The average Bonchev–Trinajstić information content (AvgIpc) is 2.79. The Morgan fingerprint density at radius 3 is 2.42 bits per heavy atom. The Labute approximate surface area is 185 Å². The molecule has 0 spiro atoms. The number of rotatable bonds is 5. The van der Waals surface area contributed by atoms with Crippen LogP contribution in [-0.2, 0) is 4.79 Å². The van der Waals surface area contributed by atoms with Crippen molar-refractivity contribution >= 4 is 34.3 Å². The van der Waals surface area contributed by atoms with Crippen molar-refractivity contribution in [3.63, 3.8) is 0 Å². The number of thioether (sulfide) groups is 1. The molecule has 4 aromatic rings. The second-order valence-corrected chi connectivity index (χ2v) is 8.34. The predicted octanol–water partition coefficient (Wildman–Crippen LogP) is 4.76. The van der Waals surface area contributed by atoms with Crippen LogP contribution in [0.25, 0.3) is 16.6 Å². The smallest absolute Gasteiger partial charge is 0.266 e. The normalized spacial score (nSPS) is 10.9. The van der Waals surface area contributed by atoms with Crippen molar-refractivity contribution in [1.82, 2.24) is 9.55 Å². The summed E-state index contributed by atoms with van der Waals surface area (Å²) in [5, 5.41) is 1.06. The molecule has 0 aliphatic rings. The highest BCUT2D eigenvalue weighted by Crippen LogP contribution is 2.23. The fourth-order valence-corrected chi connectivity index (χ4v) is 4.25. The van der Waals surface area contributed by atoms with Gasteiger partial charge >= 0.3 is 0 Å². The maximum absolute atomic E-state index is 13.4. The molecule has 31 heavy (non-hydrogen) atoms. The monoisotopic (exact) mass is 429 g/mol.